The van der Waals surface area contributed by atoms with Gasteiger partial charge in [0, 0.05) is 0 Å². The van der Waals surface area contributed by atoms with E-state index in [1.165, 1.54) is 5.06 Å². The molecule has 0 atom stereocenters. The highest BCUT2D eigenvalue weighted by molar-refractivity contribution is 5.66. The van der Waals surface area contributed by atoms with E-state index in [9.17, 15) is 4.79 Å². The predicted molar refractivity (Wildman–Crippen MR) is 43.5 cm³/mol. The fraction of sp³-hybridized carbons (Fsp3) is 0.875. The first-order valence-electron chi connectivity index (χ1n) is 4.42. The minimum absolute atomic E-state index is 0.362. The summed E-state index contributed by atoms with van der Waals surface area (Å²) < 4.78 is 4.80. The average Bonchev–Trinajstić information content (AvgIpc) is 2.32. The Morgan fingerprint density at radius 3 is 3.08 bits per heavy atom. The second kappa shape index (κ2) is 4.98. The number of hydrogen-bond donors (Lipinski definition) is 0. The molecule has 0 aromatic carbocycles. The highest BCUT2D eigenvalue weighted by atomic mass is 16.7. The van der Waals surface area contributed by atoms with Gasteiger partial charge in [-0.3, -0.25) is 4.84 Å². The topological polar surface area (TPSA) is 38.8 Å². The first-order chi connectivity index (χ1) is 5.84. The van der Waals surface area contributed by atoms with Crippen LogP contribution in [0, 0.1) is 0 Å². The Morgan fingerprint density at radius 2 is 2.33 bits per heavy atom. The van der Waals surface area contributed by atoms with Crippen molar-refractivity contribution in [2.75, 3.05) is 19.8 Å². The third-order valence-corrected chi connectivity index (χ3v) is 1.72. The molecule has 4 heteroatoms. The molecule has 0 unspecified atom stereocenters. The Labute approximate surface area is 72.4 Å². The van der Waals surface area contributed by atoms with Gasteiger partial charge in [-0.15, -0.1) is 0 Å². The molecular weight excluding hydrogens is 158 g/mol. The van der Waals surface area contributed by atoms with Gasteiger partial charge >= 0.3 is 6.09 Å². The van der Waals surface area contributed by atoms with E-state index in [0.717, 1.165) is 19.3 Å². The fourth-order valence-electron chi connectivity index (χ4n) is 1.11. The molecule has 0 aliphatic carbocycles. The molecule has 0 saturated carbocycles. The zero-order chi connectivity index (χ0) is 8.81. The summed E-state index contributed by atoms with van der Waals surface area (Å²) in [5, 5.41) is 1.32. The molecule has 1 aliphatic rings. The lowest BCUT2D eigenvalue weighted by molar-refractivity contribution is -0.128. The summed E-state index contributed by atoms with van der Waals surface area (Å²) in [7, 11) is 0. The van der Waals surface area contributed by atoms with E-state index in [2.05, 4.69) is 0 Å². The molecule has 1 rings (SSSR count). The molecule has 70 valence electrons. The minimum Gasteiger partial charge on any atom is -0.448 e. The van der Waals surface area contributed by atoms with Gasteiger partial charge in [-0.05, 0) is 26.2 Å². The minimum atomic E-state index is -0.362. The normalized spacial score (nSPS) is 18.6. The van der Waals surface area contributed by atoms with Crippen molar-refractivity contribution < 1.29 is 14.4 Å². The van der Waals surface area contributed by atoms with Gasteiger partial charge in [0.1, 0.15) is 0 Å². The van der Waals surface area contributed by atoms with Crippen molar-refractivity contribution in [2.45, 2.75) is 26.2 Å². The molecule has 1 heterocycles. The molecule has 0 aromatic heterocycles. The van der Waals surface area contributed by atoms with E-state index >= 15 is 0 Å². The molecule has 0 spiro atoms. The van der Waals surface area contributed by atoms with Gasteiger partial charge in [0.2, 0.25) is 0 Å². The Kier molecular flexibility index (Phi) is 3.87. The summed E-state index contributed by atoms with van der Waals surface area (Å²) in [6.07, 6.45) is 2.78. The van der Waals surface area contributed by atoms with Gasteiger partial charge in [0.05, 0.1) is 19.8 Å². The molecule has 0 aromatic rings. The van der Waals surface area contributed by atoms with Crippen LogP contribution in [0.3, 0.4) is 0 Å². The lowest BCUT2D eigenvalue weighted by Crippen LogP contribution is -2.31. The Morgan fingerprint density at radius 1 is 1.50 bits per heavy atom. The number of carbonyl (C=O) groups is 1. The SMILES string of the molecule is CCOC(=O)N1CCCCCO1. The van der Waals surface area contributed by atoms with Crippen LogP contribution in [0.15, 0.2) is 0 Å². The van der Waals surface area contributed by atoms with Crippen LogP contribution in [0.2, 0.25) is 0 Å². The van der Waals surface area contributed by atoms with Crippen molar-refractivity contribution in [2.24, 2.45) is 0 Å². The van der Waals surface area contributed by atoms with Gasteiger partial charge in [-0.25, -0.2) is 4.79 Å². The molecule has 1 amide bonds. The van der Waals surface area contributed by atoms with Crippen LogP contribution in [0.25, 0.3) is 0 Å². The maximum atomic E-state index is 11.1. The summed E-state index contributed by atoms with van der Waals surface area (Å²) in [6, 6.07) is 0. The lowest BCUT2D eigenvalue weighted by atomic mass is 10.2. The first-order valence-corrected chi connectivity index (χ1v) is 4.42. The molecule has 1 fully saturated rings. The van der Waals surface area contributed by atoms with Crippen LogP contribution >= 0.6 is 0 Å². The smallest absolute Gasteiger partial charge is 0.433 e. The fourth-order valence-corrected chi connectivity index (χ4v) is 1.11. The standard InChI is InChI=1S/C8H15NO3/c1-2-11-8(10)9-6-4-3-5-7-12-9/h2-7H2,1H3. The van der Waals surface area contributed by atoms with Gasteiger partial charge in [0.15, 0.2) is 0 Å². The van der Waals surface area contributed by atoms with E-state index in [0.29, 0.717) is 19.8 Å². The Hall–Kier alpha value is -0.770. The van der Waals surface area contributed by atoms with Crippen molar-refractivity contribution in [1.82, 2.24) is 5.06 Å². The summed E-state index contributed by atoms with van der Waals surface area (Å²) in [6.45, 7) is 3.46. The molecular formula is C8H15NO3. The van der Waals surface area contributed by atoms with Crippen LogP contribution in [0.4, 0.5) is 4.79 Å². The van der Waals surface area contributed by atoms with Gasteiger partial charge < -0.3 is 4.74 Å². The number of amides is 1. The number of hydroxylamine groups is 2. The van der Waals surface area contributed by atoms with E-state index in [1.54, 1.807) is 6.92 Å². The van der Waals surface area contributed by atoms with Gasteiger partial charge in [-0.2, -0.15) is 5.06 Å². The number of nitrogens with zero attached hydrogens (tertiary/aromatic N) is 1. The van der Waals surface area contributed by atoms with Crippen LogP contribution in [0.1, 0.15) is 26.2 Å². The van der Waals surface area contributed by atoms with Crippen molar-refractivity contribution in [3.05, 3.63) is 0 Å². The monoisotopic (exact) mass is 173 g/mol. The largest absolute Gasteiger partial charge is 0.448 e. The molecule has 0 radical (unpaired) electrons. The highest BCUT2D eigenvalue weighted by Gasteiger charge is 2.16. The van der Waals surface area contributed by atoms with Gasteiger partial charge in [-0.1, -0.05) is 0 Å². The Bertz CT molecular complexity index is 141. The highest BCUT2D eigenvalue weighted by Crippen LogP contribution is 2.07. The van der Waals surface area contributed by atoms with Crippen LogP contribution in [-0.4, -0.2) is 30.9 Å². The second-order valence-corrected chi connectivity index (χ2v) is 2.69. The second-order valence-electron chi connectivity index (χ2n) is 2.69. The third kappa shape index (κ3) is 2.70. The summed E-state index contributed by atoms with van der Waals surface area (Å²) in [4.78, 5) is 16.3. The summed E-state index contributed by atoms with van der Waals surface area (Å²) in [5.41, 5.74) is 0. The maximum Gasteiger partial charge on any atom is 0.433 e. The van der Waals surface area contributed by atoms with E-state index in [4.69, 9.17) is 9.57 Å². The van der Waals surface area contributed by atoms with Crippen molar-refractivity contribution in [3.63, 3.8) is 0 Å². The van der Waals surface area contributed by atoms with Gasteiger partial charge in [0.25, 0.3) is 0 Å². The number of ether oxygens (including phenoxy) is 1. The lowest BCUT2D eigenvalue weighted by Gasteiger charge is -2.17. The van der Waals surface area contributed by atoms with E-state index < -0.39 is 0 Å². The van der Waals surface area contributed by atoms with Crippen molar-refractivity contribution in [3.8, 4) is 0 Å². The number of carbonyl (C=O) groups excluding carboxylic acids is 1. The molecule has 4 nitrogen and oxygen atoms in total. The molecule has 0 bridgehead atoms. The van der Waals surface area contributed by atoms with E-state index in [-0.39, 0.29) is 6.09 Å². The van der Waals surface area contributed by atoms with Crippen LogP contribution in [-0.2, 0) is 9.57 Å². The zero-order valence-corrected chi connectivity index (χ0v) is 7.41. The van der Waals surface area contributed by atoms with E-state index in [1.807, 2.05) is 0 Å². The predicted octanol–water partition coefficient (Wildman–Crippen LogP) is 1.56. The average molecular weight is 173 g/mol. The molecule has 1 saturated heterocycles. The maximum absolute atomic E-state index is 11.1. The number of rotatable bonds is 1. The van der Waals surface area contributed by atoms with Crippen LogP contribution in [0.5, 0.6) is 0 Å². The molecule has 1 aliphatic heterocycles. The quantitative estimate of drug-likeness (QED) is 0.604. The summed E-state index contributed by atoms with van der Waals surface area (Å²) >= 11 is 0. The van der Waals surface area contributed by atoms with Crippen molar-refractivity contribution >= 4 is 6.09 Å². The van der Waals surface area contributed by atoms with Crippen LogP contribution < -0.4 is 0 Å². The molecule has 0 N–H and O–H groups in total. The zero-order valence-electron chi connectivity index (χ0n) is 7.41. The molecule has 12 heavy (non-hydrogen) atoms. The third-order valence-electron chi connectivity index (χ3n) is 1.72. The van der Waals surface area contributed by atoms with Crippen molar-refractivity contribution in [1.29, 1.82) is 0 Å². The first kappa shape index (κ1) is 9.32. The number of hydrogen-bond acceptors (Lipinski definition) is 3. The Balaban J connectivity index is 2.32. The summed E-state index contributed by atoms with van der Waals surface area (Å²) in [5.74, 6) is 0.